The average molecular weight is 536 g/mol. The van der Waals surface area contributed by atoms with Crippen LogP contribution < -0.4 is 9.47 Å². The first kappa shape index (κ1) is 26.9. The average Bonchev–Trinajstić information content (AvgIpc) is 3.46. The Morgan fingerprint density at radius 3 is 2.43 bits per heavy atom. The third-order valence-corrected chi connectivity index (χ3v) is 7.69. The fraction of sp³-hybridized carbons (Fsp3) is 0.345. The second kappa shape index (κ2) is 12.9. The van der Waals surface area contributed by atoms with E-state index in [9.17, 15) is 4.79 Å². The normalized spacial score (nSPS) is 14.6. The van der Waals surface area contributed by atoms with E-state index in [1.54, 1.807) is 19.1 Å². The van der Waals surface area contributed by atoms with Crippen LogP contribution in [0.15, 0.2) is 59.6 Å². The van der Waals surface area contributed by atoms with Gasteiger partial charge in [0.15, 0.2) is 11.5 Å². The summed E-state index contributed by atoms with van der Waals surface area (Å²) in [6, 6.07) is 15.6. The van der Waals surface area contributed by atoms with Gasteiger partial charge in [0, 0.05) is 23.9 Å². The molecule has 4 rings (SSSR count). The maximum Gasteiger partial charge on any atom is 0.266 e. The summed E-state index contributed by atoms with van der Waals surface area (Å²) in [4.78, 5) is 15.6. The van der Waals surface area contributed by atoms with Crippen LogP contribution >= 0.6 is 24.0 Å². The molecular weight excluding hydrogens is 502 g/mol. The molecule has 1 aliphatic rings. The SMILES string of the molecule is CCCCCCCCN1C(=O)/C(=C/c2cn(-c3ccccc3)nc2-c2ccc(OC)c(OC)c2)SC1=S. The predicted molar refractivity (Wildman–Crippen MR) is 155 cm³/mol. The largest absolute Gasteiger partial charge is 0.493 e. The molecule has 0 spiro atoms. The molecule has 6 nitrogen and oxygen atoms in total. The molecule has 1 saturated heterocycles. The molecule has 0 bridgehead atoms. The van der Waals surface area contributed by atoms with Crippen molar-refractivity contribution >= 4 is 40.3 Å². The van der Waals surface area contributed by atoms with Crippen molar-refractivity contribution in [1.82, 2.24) is 14.7 Å². The number of benzene rings is 2. The van der Waals surface area contributed by atoms with E-state index in [0.717, 1.165) is 35.3 Å². The van der Waals surface area contributed by atoms with Crippen LogP contribution in [0.4, 0.5) is 0 Å². The van der Waals surface area contributed by atoms with Crippen LogP contribution in [0.1, 0.15) is 51.0 Å². The number of ether oxygens (including phenoxy) is 2. The molecule has 0 saturated carbocycles. The lowest BCUT2D eigenvalue weighted by Crippen LogP contribution is -2.29. The summed E-state index contributed by atoms with van der Waals surface area (Å²) in [5.41, 5.74) is 3.36. The molecule has 1 aromatic heterocycles. The van der Waals surface area contributed by atoms with Crippen LogP contribution in [0, 0.1) is 0 Å². The van der Waals surface area contributed by atoms with Gasteiger partial charge in [0.2, 0.25) is 0 Å². The Morgan fingerprint density at radius 2 is 1.70 bits per heavy atom. The fourth-order valence-corrected chi connectivity index (χ4v) is 5.60. The molecule has 0 N–H and O–H groups in total. The van der Waals surface area contributed by atoms with Gasteiger partial charge in [-0.2, -0.15) is 5.10 Å². The number of thioether (sulfide) groups is 1. The molecule has 0 atom stereocenters. The quantitative estimate of drug-likeness (QED) is 0.140. The second-order valence-corrected chi connectivity index (χ2v) is 10.6. The zero-order valence-electron chi connectivity index (χ0n) is 21.6. The first-order valence-electron chi connectivity index (χ1n) is 12.7. The molecular formula is C29H33N3O3S2. The molecule has 1 aliphatic heterocycles. The Kier molecular flexibility index (Phi) is 9.41. The van der Waals surface area contributed by atoms with Crippen molar-refractivity contribution in [2.75, 3.05) is 20.8 Å². The number of carbonyl (C=O) groups is 1. The number of hydrogen-bond acceptors (Lipinski definition) is 6. The summed E-state index contributed by atoms with van der Waals surface area (Å²) in [5.74, 6) is 1.23. The van der Waals surface area contributed by atoms with Crippen LogP contribution in [-0.2, 0) is 4.79 Å². The number of carbonyl (C=O) groups excluding carboxylic acids is 1. The van der Waals surface area contributed by atoms with Crippen molar-refractivity contribution < 1.29 is 14.3 Å². The summed E-state index contributed by atoms with van der Waals surface area (Å²) >= 11 is 6.93. The molecule has 194 valence electrons. The van der Waals surface area contributed by atoms with E-state index in [1.807, 2.05) is 65.5 Å². The van der Waals surface area contributed by atoms with Gasteiger partial charge in [-0.1, -0.05) is 81.2 Å². The van der Waals surface area contributed by atoms with Crippen LogP contribution in [0.2, 0.25) is 0 Å². The maximum absolute atomic E-state index is 13.3. The van der Waals surface area contributed by atoms with Crippen molar-refractivity contribution in [3.63, 3.8) is 0 Å². The number of thiocarbonyl (C=S) groups is 1. The van der Waals surface area contributed by atoms with Gasteiger partial charge >= 0.3 is 0 Å². The van der Waals surface area contributed by atoms with Gasteiger partial charge in [-0.25, -0.2) is 4.68 Å². The van der Waals surface area contributed by atoms with E-state index in [2.05, 4.69) is 6.92 Å². The molecule has 8 heteroatoms. The monoisotopic (exact) mass is 535 g/mol. The first-order valence-corrected chi connectivity index (χ1v) is 13.9. The topological polar surface area (TPSA) is 56.6 Å². The van der Waals surface area contributed by atoms with Crippen molar-refractivity contribution in [2.24, 2.45) is 0 Å². The molecule has 0 aliphatic carbocycles. The molecule has 2 aromatic carbocycles. The van der Waals surface area contributed by atoms with E-state index in [1.165, 1.54) is 37.4 Å². The van der Waals surface area contributed by atoms with Crippen molar-refractivity contribution in [1.29, 1.82) is 0 Å². The Hall–Kier alpha value is -3.10. The highest BCUT2D eigenvalue weighted by Crippen LogP contribution is 2.37. The number of amides is 1. The van der Waals surface area contributed by atoms with Gasteiger partial charge in [-0.05, 0) is 42.8 Å². The molecule has 3 aromatic rings. The lowest BCUT2D eigenvalue weighted by molar-refractivity contribution is -0.122. The number of unbranched alkanes of at least 4 members (excludes halogenated alkanes) is 5. The van der Waals surface area contributed by atoms with E-state index in [4.69, 9.17) is 26.8 Å². The summed E-state index contributed by atoms with van der Waals surface area (Å²) in [7, 11) is 3.22. The van der Waals surface area contributed by atoms with Gasteiger partial charge in [0.25, 0.3) is 5.91 Å². The minimum absolute atomic E-state index is 0.0331. The lowest BCUT2D eigenvalue weighted by Gasteiger charge is -2.14. The van der Waals surface area contributed by atoms with Crippen molar-refractivity contribution in [3.8, 4) is 28.4 Å². The van der Waals surface area contributed by atoms with Gasteiger partial charge in [0.05, 0.1) is 24.8 Å². The third-order valence-electron chi connectivity index (χ3n) is 6.32. The summed E-state index contributed by atoms with van der Waals surface area (Å²) in [6.07, 6.45) is 10.9. The predicted octanol–water partition coefficient (Wildman–Crippen LogP) is 7.12. The van der Waals surface area contributed by atoms with E-state index < -0.39 is 0 Å². The maximum atomic E-state index is 13.3. The summed E-state index contributed by atoms with van der Waals surface area (Å²) in [5, 5.41) is 4.88. The smallest absolute Gasteiger partial charge is 0.266 e. The van der Waals surface area contributed by atoms with Crippen molar-refractivity contribution in [3.05, 3.63) is 65.2 Å². The number of para-hydroxylation sites is 1. The number of methoxy groups -OCH3 is 2. The highest BCUT2D eigenvalue weighted by Gasteiger charge is 2.32. The molecule has 1 fully saturated rings. The number of aromatic nitrogens is 2. The standard InChI is InChI=1S/C29H33N3O3S2/c1-4-5-6-7-8-12-17-31-28(33)26(37-29(31)36)19-22-20-32(23-13-10-9-11-14-23)30-27(22)21-15-16-24(34-2)25(18-21)35-3/h9-11,13-16,18-20H,4-8,12,17H2,1-3H3/b26-19-. The number of hydrogen-bond donors (Lipinski definition) is 0. The highest BCUT2D eigenvalue weighted by atomic mass is 32.2. The second-order valence-electron chi connectivity index (χ2n) is 8.88. The van der Waals surface area contributed by atoms with Gasteiger partial charge in [-0.3, -0.25) is 9.69 Å². The van der Waals surface area contributed by atoms with Gasteiger partial charge < -0.3 is 9.47 Å². The lowest BCUT2D eigenvalue weighted by atomic mass is 10.1. The van der Waals surface area contributed by atoms with Gasteiger partial charge in [0.1, 0.15) is 10.0 Å². The van der Waals surface area contributed by atoms with Gasteiger partial charge in [-0.15, -0.1) is 0 Å². The fourth-order valence-electron chi connectivity index (χ4n) is 4.30. The van der Waals surface area contributed by atoms with Crippen molar-refractivity contribution in [2.45, 2.75) is 45.4 Å². The molecule has 37 heavy (non-hydrogen) atoms. The van der Waals surface area contributed by atoms with Crippen LogP contribution in [0.5, 0.6) is 11.5 Å². The Bertz CT molecular complexity index is 1270. The minimum atomic E-state index is -0.0331. The van der Waals surface area contributed by atoms with E-state index >= 15 is 0 Å². The van der Waals surface area contributed by atoms with E-state index in [0.29, 0.717) is 27.3 Å². The zero-order valence-corrected chi connectivity index (χ0v) is 23.2. The Morgan fingerprint density at radius 1 is 0.973 bits per heavy atom. The Balaban J connectivity index is 1.63. The van der Waals surface area contributed by atoms with Crippen LogP contribution in [0.3, 0.4) is 0 Å². The first-order chi connectivity index (χ1) is 18.0. The highest BCUT2D eigenvalue weighted by molar-refractivity contribution is 8.26. The summed E-state index contributed by atoms with van der Waals surface area (Å²) in [6.45, 7) is 2.88. The molecule has 2 heterocycles. The van der Waals surface area contributed by atoms with Crippen LogP contribution in [0.25, 0.3) is 23.0 Å². The minimum Gasteiger partial charge on any atom is -0.493 e. The third kappa shape index (κ3) is 6.43. The zero-order chi connectivity index (χ0) is 26.2. The molecule has 0 radical (unpaired) electrons. The molecule has 1 amide bonds. The van der Waals surface area contributed by atoms with Crippen LogP contribution in [-0.4, -0.2) is 45.7 Å². The molecule has 0 unspecified atom stereocenters. The summed E-state index contributed by atoms with van der Waals surface area (Å²) < 4.78 is 13.4. The Labute approximate surface area is 228 Å². The van der Waals surface area contributed by atoms with E-state index in [-0.39, 0.29) is 5.91 Å². The number of nitrogens with zero attached hydrogens (tertiary/aromatic N) is 3. The number of rotatable bonds is 12.